The molecule has 0 fully saturated rings. The number of fused-ring (bicyclic) bond motifs is 1. The van der Waals surface area contributed by atoms with Gasteiger partial charge in [-0.2, -0.15) is 0 Å². The Morgan fingerprint density at radius 2 is 1.86 bits per heavy atom. The first kappa shape index (κ1) is 19.9. The van der Waals surface area contributed by atoms with Crippen molar-refractivity contribution >= 4 is 11.9 Å². The molecule has 1 aliphatic rings. The van der Waals surface area contributed by atoms with E-state index in [9.17, 15) is 9.59 Å². The summed E-state index contributed by atoms with van der Waals surface area (Å²) in [6.07, 6.45) is 2.08. The Morgan fingerprint density at radius 1 is 1.14 bits per heavy atom. The smallest absolute Gasteiger partial charge is 0.344 e. The molecule has 28 heavy (non-hydrogen) atoms. The number of hydrogen-bond donors (Lipinski definition) is 1. The van der Waals surface area contributed by atoms with Gasteiger partial charge in [-0.05, 0) is 74.4 Å². The molecule has 5 nitrogen and oxygen atoms in total. The number of amides is 1. The van der Waals surface area contributed by atoms with Gasteiger partial charge in [0.1, 0.15) is 5.75 Å². The van der Waals surface area contributed by atoms with Crippen molar-refractivity contribution in [2.24, 2.45) is 0 Å². The standard InChI is InChI=1S/C23H27NO4/c1-15-11-16(2)13-19(12-15)27-14-22(25)28-17(3)23(26)24-21-10-6-8-18-7-4-5-9-20(18)21/h4-5,7,9,11-13,17,21H,6,8,10,14H2,1-3H3,(H,24,26). The average molecular weight is 381 g/mol. The number of benzene rings is 2. The van der Waals surface area contributed by atoms with Gasteiger partial charge in [-0.15, -0.1) is 0 Å². The first-order chi connectivity index (χ1) is 13.4. The Bertz CT molecular complexity index is 841. The largest absolute Gasteiger partial charge is 0.482 e. The van der Waals surface area contributed by atoms with Gasteiger partial charge in [0.05, 0.1) is 6.04 Å². The first-order valence-electron chi connectivity index (χ1n) is 9.71. The number of nitrogens with one attached hydrogen (secondary N) is 1. The van der Waals surface area contributed by atoms with Crippen molar-refractivity contribution in [2.45, 2.75) is 52.2 Å². The third-order valence-electron chi connectivity index (χ3n) is 4.92. The fourth-order valence-electron chi connectivity index (χ4n) is 3.64. The van der Waals surface area contributed by atoms with E-state index >= 15 is 0 Å². The van der Waals surface area contributed by atoms with E-state index in [-0.39, 0.29) is 18.6 Å². The second kappa shape index (κ2) is 8.91. The van der Waals surface area contributed by atoms with Gasteiger partial charge in [0.25, 0.3) is 5.91 Å². The van der Waals surface area contributed by atoms with E-state index in [1.54, 1.807) is 6.92 Å². The maximum Gasteiger partial charge on any atom is 0.344 e. The Hall–Kier alpha value is -2.82. The normalized spacial score (nSPS) is 16.6. The van der Waals surface area contributed by atoms with Gasteiger partial charge in [0.2, 0.25) is 0 Å². The van der Waals surface area contributed by atoms with Crippen LogP contribution in [0.5, 0.6) is 5.75 Å². The lowest BCUT2D eigenvalue weighted by molar-refractivity contribution is -0.156. The number of aryl methyl sites for hydroxylation is 3. The van der Waals surface area contributed by atoms with Crippen molar-refractivity contribution in [2.75, 3.05) is 6.61 Å². The fourth-order valence-corrected chi connectivity index (χ4v) is 3.64. The lowest BCUT2D eigenvalue weighted by atomic mass is 9.87. The van der Waals surface area contributed by atoms with E-state index < -0.39 is 12.1 Å². The van der Waals surface area contributed by atoms with Crippen LogP contribution in [0.3, 0.4) is 0 Å². The van der Waals surface area contributed by atoms with E-state index in [2.05, 4.69) is 11.4 Å². The monoisotopic (exact) mass is 381 g/mol. The van der Waals surface area contributed by atoms with Crippen LogP contribution in [-0.4, -0.2) is 24.6 Å². The third-order valence-corrected chi connectivity index (χ3v) is 4.92. The number of carbonyl (C=O) groups excluding carboxylic acids is 2. The van der Waals surface area contributed by atoms with Crippen LogP contribution in [0.15, 0.2) is 42.5 Å². The van der Waals surface area contributed by atoms with Crippen LogP contribution in [0.2, 0.25) is 0 Å². The molecule has 1 amide bonds. The summed E-state index contributed by atoms with van der Waals surface area (Å²) in [5, 5.41) is 3.01. The number of ether oxygens (including phenoxy) is 2. The topological polar surface area (TPSA) is 64.6 Å². The summed E-state index contributed by atoms with van der Waals surface area (Å²) in [4.78, 5) is 24.6. The second-order valence-electron chi connectivity index (χ2n) is 7.40. The molecule has 1 aliphatic carbocycles. The molecule has 2 atom stereocenters. The molecule has 2 aromatic rings. The van der Waals surface area contributed by atoms with Crippen LogP contribution < -0.4 is 10.1 Å². The predicted molar refractivity (Wildman–Crippen MR) is 107 cm³/mol. The molecule has 0 bridgehead atoms. The summed E-state index contributed by atoms with van der Waals surface area (Å²) < 4.78 is 10.7. The average Bonchev–Trinajstić information content (AvgIpc) is 2.66. The molecule has 0 radical (unpaired) electrons. The Balaban J connectivity index is 1.51. The van der Waals surface area contributed by atoms with Crippen LogP contribution in [0, 0.1) is 13.8 Å². The second-order valence-corrected chi connectivity index (χ2v) is 7.40. The van der Waals surface area contributed by atoms with Crippen LogP contribution in [0.1, 0.15) is 48.1 Å². The number of hydrogen-bond acceptors (Lipinski definition) is 4. The van der Waals surface area contributed by atoms with Crippen LogP contribution in [-0.2, 0) is 20.7 Å². The van der Waals surface area contributed by atoms with Crippen molar-refractivity contribution in [1.29, 1.82) is 0 Å². The highest BCUT2D eigenvalue weighted by molar-refractivity contribution is 5.84. The predicted octanol–water partition coefficient (Wildman–Crippen LogP) is 3.81. The van der Waals surface area contributed by atoms with E-state index in [1.807, 2.05) is 50.2 Å². The van der Waals surface area contributed by atoms with E-state index in [1.165, 1.54) is 5.56 Å². The maximum atomic E-state index is 12.5. The van der Waals surface area contributed by atoms with Crippen molar-refractivity contribution < 1.29 is 19.1 Å². The summed E-state index contributed by atoms with van der Waals surface area (Å²) in [6.45, 7) is 5.29. The van der Waals surface area contributed by atoms with Crippen LogP contribution >= 0.6 is 0 Å². The lowest BCUT2D eigenvalue weighted by Crippen LogP contribution is -2.39. The molecule has 0 heterocycles. The highest BCUT2D eigenvalue weighted by atomic mass is 16.6. The Kier molecular flexibility index (Phi) is 6.34. The molecule has 0 aliphatic heterocycles. The van der Waals surface area contributed by atoms with Crippen molar-refractivity contribution in [3.8, 4) is 5.75 Å². The Labute approximate surface area is 166 Å². The minimum absolute atomic E-state index is 0.0369. The zero-order valence-corrected chi connectivity index (χ0v) is 16.7. The molecule has 2 unspecified atom stereocenters. The zero-order chi connectivity index (χ0) is 20.1. The molecule has 148 valence electrons. The summed E-state index contributed by atoms with van der Waals surface area (Å²) >= 11 is 0. The van der Waals surface area contributed by atoms with Gasteiger partial charge >= 0.3 is 5.97 Å². The van der Waals surface area contributed by atoms with Crippen molar-refractivity contribution in [3.05, 3.63) is 64.7 Å². The summed E-state index contributed by atoms with van der Waals surface area (Å²) in [6, 6.07) is 13.9. The van der Waals surface area contributed by atoms with Gasteiger partial charge < -0.3 is 14.8 Å². The molecular weight excluding hydrogens is 354 g/mol. The SMILES string of the molecule is Cc1cc(C)cc(OCC(=O)OC(C)C(=O)NC2CCCc3ccccc32)c1. The molecular formula is C23H27NO4. The highest BCUT2D eigenvalue weighted by Crippen LogP contribution is 2.29. The van der Waals surface area contributed by atoms with Crippen molar-refractivity contribution in [1.82, 2.24) is 5.32 Å². The fraction of sp³-hybridized carbons (Fsp3) is 0.391. The van der Waals surface area contributed by atoms with E-state index in [4.69, 9.17) is 9.47 Å². The molecule has 1 N–H and O–H groups in total. The minimum atomic E-state index is -0.871. The number of carbonyl (C=O) groups is 2. The quantitative estimate of drug-likeness (QED) is 0.773. The van der Waals surface area contributed by atoms with Gasteiger partial charge in [-0.1, -0.05) is 30.3 Å². The summed E-state index contributed by atoms with van der Waals surface area (Å²) in [5.41, 5.74) is 4.54. The van der Waals surface area contributed by atoms with Gasteiger partial charge in [0, 0.05) is 0 Å². The summed E-state index contributed by atoms with van der Waals surface area (Å²) in [5.74, 6) is -0.238. The van der Waals surface area contributed by atoms with Crippen molar-refractivity contribution in [3.63, 3.8) is 0 Å². The molecule has 2 aromatic carbocycles. The molecule has 0 saturated carbocycles. The van der Waals surface area contributed by atoms with Crippen LogP contribution in [0.4, 0.5) is 0 Å². The van der Waals surface area contributed by atoms with Gasteiger partial charge in [0.15, 0.2) is 12.7 Å². The van der Waals surface area contributed by atoms with E-state index in [0.29, 0.717) is 5.75 Å². The Morgan fingerprint density at radius 3 is 2.61 bits per heavy atom. The van der Waals surface area contributed by atoms with Gasteiger partial charge in [-0.3, -0.25) is 4.79 Å². The van der Waals surface area contributed by atoms with E-state index in [0.717, 1.165) is 36.0 Å². The van der Waals surface area contributed by atoms with Crippen LogP contribution in [0.25, 0.3) is 0 Å². The molecule has 3 rings (SSSR count). The van der Waals surface area contributed by atoms with Gasteiger partial charge in [-0.25, -0.2) is 4.79 Å². The highest BCUT2D eigenvalue weighted by Gasteiger charge is 2.25. The number of esters is 1. The summed E-state index contributed by atoms with van der Waals surface area (Å²) in [7, 11) is 0. The third kappa shape index (κ3) is 5.12. The maximum absolute atomic E-state index is 12.5. The minimum Gasteiger partial charge on any atom is -0.482 e. The molecule has 0 aromatic heterocycles. The first-order valence-corrected chi connectivity index (χ1v) is 9.71. The molecule has 0 spiro atoms. The lowest BCUT2D eigenvalue weighted by Gasteiger charge is -2.27. The molecule has 0 saturated heterocycles. The zero-order valence-electron chi connectivity index (χ0n) is 16.7. The number of rotatable bonds is 6. The molecule has 5 heteroatoms.